The molecular formula is C18H15Cl2NO3. The molecule has 0 bridgehead atoms. The highest BCUT2D eigenvalue weighted by atomic mass is 35.5. The van der Waals surface area contributed by atoms with E-state index in [1.807, 2.05) is 6.07 Å². The molecule has 0 spiro atoms. The average Bonchev–Trinajstić information content (AvgIpc) is 3.37. The van der Waals surface area contributed by atoms with E-state index >= 15 is 0 Å². The normalized spacial score (nSPS) is 14.8. The van der Waals surface area contributed by atoms with Gasteiger partial charge in [0, 0.05) is 21.3 Å². The Bertz CT molecular complexity index is 740. The number of carbonyl (C=O) groups is 2. The van der Waals surface area contributed by atoms with Gasteiger partial charge in [0.2, 0.25) is 6.10 Å². The number of carbonyl (C=O) groups excluding carboxylic acids is 2. The third-order valence-corrected chi connectivity index (χ3v) is 4.05. The summed E-state index contributed by atoms with van der Waals surface area (Å²) < 4.78 is 5.44. The summed E-state index contributed by atoms with van der Waals surface area (Å²) in [6, 6.07) is 13.6. The molecule has 1 aliphatic rings. The first-order valence-electron chi connectivity index (χ1n) is 7.55. The van der Waals surface area contributed by atoms with Gasteiger partial charge in [-0.25, -0.2) is 0 Å². The molecule has 124 valence electrons. The first-order valence-corrected chi connectivity index (χ1v) is 8.31. The van der Waals surface area contributed by atoms with Gasteiger partial charge >= 0.3 is 5.97 Å². The molecule has 6 heteroatoms. The van der Waals surface area contributed by atoms with Crippen LogP contribution in [-0.2, 0) is 14.3 Å². The van der Waals surface area contributed by atoms with Crippen LogP contribution in [0.25, 0.3) is 0 Å². The minimum Gasteiger partial charge on any atom is -0.447 e. The van der Waals surface area contributed by atoms with Crippen LogP contribution in [0.5, 0.6) is 0 Å². The minimum atomic E-state index is -1.02. The van der Waals surface area contributed by atoms with Crippen LogP contribution in [0.3, 0.4) is 0 Å². The van der Waals surface area contributed by atoms with Crippen molar-refractivity contribution in [1.82, 2.24) is 0 Å². The van der Waals surface area contributed by atoms with Gasteiger partial charge in [-0.05, 0) is 31.0 Å². The SMILES string of the molecule is O=C(O[C@H](C(=O)Nc1cc(Cl)cc(Cl)c1)c1ccccc1)C1CC1. The monoisotopic (exact) mass is 363 g/mol. The molecule has 24 heavy (non-hydrogen) atoms. The molecule has 0 aliphatic heterocycles. The average molecular weight is 364 g/mol. The highest BCUT2D eigenvalue weighted by molar-refractivity contribution is 6.35. The second kappa shape index (κ2) is 7.24. The van der Waals surface area contributed by atoms with Crippen LogP contribution in [-0.4, -0.2) is 11.9 Å². The van der Waals surface area contributed by atoms with Crippen molar-refractivity contribution in [2.24, 2.45) is 5.92 Å². The molecule has 0 radical (unpaired) electrons. The quantitative estimate of drug-likeness (QED) is 0.788. The predicted molar refractivity (Wildman–Crippen MR) is 93.1 cm³/mol. The van der Waals surface area contributed by atoms with Crippen LogP contribution in [0.15, 0.2) is 48.5 Å². The van der Waals surface area contributed by atoms with Gasteiger partial charge in [0.15, 0.2) is 0 Å². The molecule has 1 amide bonds. The van der Waals surface area contributed by atoms with Gasteiger partial charge in [0.05, 0.1) is 5.92 Å². The summed E-state index contributed by atoms with van der Waals surface area (Å²) in [6.07, 6.45) is 0.606. The molecule has 1 aliphatic carbocycles. The van der Waals surface area contributed by atoms with Gasteiger partial charge in [0.25, 0.3) is 5.91 Å². The summed E-state index contributed by atoms with van der Waals surface area (Å²) in [6.45, 7) is 0. The molecular weight excluding hydrogens is 349 g/mol. The van der Waals surface area contributed by atoms with E-state index in [0.717, 1.165) is 12.8 Å². The van der Waals surface area contributed by atoms with E-state index in [1.54, 1.807) is 42.5 Å². The van der Waals surface area contributed by atoms with Crippen molar-refractivity contribution in [3.63, 3.8) is 0 Å². The fraction of sp³-hybridized carbons (Fsp3) is 0.222. The summed E-state index contributed by atoms with van der Waals surface area (Å²) in [4.78, 5) is 24.6. The van der Waals surface area contributed by atoms with Crippen LogP contribution in [0.4, 0.5) is 5.69 Å². The second-order valence-electron chi connectivity index (χ2n) is 5.65. The van der Waals surface area contributed by atoms with Crippen molar-refractivity contribution in [3.05, 3.63) is 64.1 Å². The Hall–Kier alpha value is -2.04. The molecule has 0 unspecified atom stereocenters. The molecule has 0 saturated heterocycles. The Morgan fingerprint density at radius 2 is 1.67 bits per heavy atom. The van der Waals surface area contributed by atoms with Gasteiger partial charge in [-0.15, -0.1) is 0 Å². The van der Waals surface area contributed by atoms with Crippen molar-refractivity contribution >= 4 is 40.8 Å². The third-order valence-electron chi connectivity index (χ3n) is 3.62. The van der Waals surface area contributed by atoms with E-state index in [-0.39, 0.29) is 11.9 Å². The van der Waals surface area contributed by atoms with Gasteiger partial charge < -0.3 is 10.1 Å². The zero-order valence-electron chi connectivity index (χ0n) is 12.7. The van der Waals surface area contributed by atoms with Gasteiger partial charge in [-0.1, -0.05) is 53.5 Å². The number of ether oxygens (including phenoxy) is 1. The van der Waals surface area contributed by atoms with E-state index in [2.05, 4.69) is 5.32 Å². The number of nitrogens with one attached hydrogen (secondary N) is 1. The van der Waals surface area contributed by atoms with E-state index < -0.39 is 12.0 Å². The molecule has 2 aromatic rings. The van der Waals surface area contributed by atoms with E-state index in [1.165, 1.54) is 0 Å². The Kier molecular flexibility index (Phi) is 5.07. The maximum Gasteiger partial charge on any atom is 0.310 e. The lowest BCUT2D eigenvalue weighted by Gasteiger charge is -2.18. The predicted octanol–water partition coefficient (Wildman–Crippen LogP) is 4.63. The fourth-order valence-corrected chi connectivity index (χ4v) is 2.79. The van der Waals surface area contributed by atoms with Gasteiger partial charge in [0.1, 0.15) is 0 Å². The molecule has 1 atom stereocenters. The molecule has 1 fully saturated rings. The second-order valence-corrected chi connectivity index (χ2v) is 6.52. The first-order chi connectivity index (χ1) is 11.5. The van der Waals surface area contributed by atoms with Gasteiger partial charge in [-0.3, -0.25) is 9.59 Å². The zero-order valence-corrected chi connectivity index (χ0v) is 14.2. The first kappa shape index (κ1) is 16.8. The smallest absolute Gasteiger partial charge is 0.310 e. The Morgan fingerprint density at radius 3 is 2.25 bits per heavy atom. The number of anilines is 1. The molecule has 1 N–H and O–H groups in total. The van der Waals surface area contributed by atoms with E-state index in [9.17, 15) is 9.59 Å². The number of esters is 1. The third kappa shape index (κ3) is 4.28. The highest BCUT2D eigenvalue weighted by Crippen LogP contribution is 2.33. The molecule has 0 heterocycles. The number of hydrogen-bond donors (Lipinski definition) is 1. The standard InChI is InChI=1S/C18H15Cl2NO3/c19-13-8-14(20)10-15(9-13)21-17(22)16(11-4-2-1-3-5-11)24-18(23)12-6-7-12/h1-5,8-10,12,16H,6-7H2,(H,21,22)/t16-/m0/s1. The lowest BCUT2D eigenvalue weighted by atomic mass is 10.1. The molecule has 4 nitrogen and oxygen atoms in total. The maximum absolute atomic E-state index is 12.6. The number of halogens is 2. The van der Waals surface area contributed by atoms with Crippen molar-refractivity contribution in [1.29, 1.82) is 0 Å². The topological polar surface area (TPSA) is 55.4 Å². The summed E-state index contributed by atoms with van der Waals surface area (Å²) in [7, 11) is 0. The number of hydrogen-bond acceptors (Lipinski definition) is 3. The molecule has 0 aromatic heterocycles. The summed E-state index contributed by atoms with van der Waals surface area (Å²) in [5.74, 6) is -0.888. The van der Waals surface area contributed by atoms with Crippen molar-refractivity contribution in [2.75, 3.05) is 5.32 Å². The van der Waals surface area contributed by atoms with Crippen LogP contribution in [0, 0.1) is 5.92 Å². The van der Waals surface area contributed by atoms with Crippen molar-refractivity contribution in [2.45, 2.75) is 18.9 Å². The van der Waals surface area contributed by atoms with Crippen molar-refractivity contribution < 1.29 is 14.3 Å². The largest absolute Gasteiger partial charge is 0.447 e. The summed E-state index contributed by atoms with van der Waals surface area (Å²) in [5.41, 5.74) is 1.05. The highest BCUT2D eigenvalue weighted by Gasteiger charge is 2.35. The maximum atomic E-state index is 12.6. The van der Waals surface area contributed by atoms with Crippen LogP contribution in [0.1, 0.15) is 24.5 Å². The van der Waals surface area contributed by atoms with E-state index in [0.29, 0.717) is 21.3 Å². The van der Waals surface area contributed by atoms with Crippen LogP contribution >= 0.6 is 23.2 Å². The number of amides is 1. The molecule has 1 saturated carbocycles. The Morgan fingerprint density at radius 1 is 1.04 bits per heavy atom. The van der Waals surface area contributed by atoms with E-state index in [4.69, 9.17) is 27.9 Å². The fourth-order valence-electron chi connectivity index (χ4n) is 2.27. The molecule has 3 rings (SSSR count). The summed E-state index contributed by atoms with van der Waals surface area (Å²) >= 11 is 11.9. The zero-order chi connectivity index (χ0) is 17.1. The van der Waals surface area contributed by atoms with Gasteiger partial charge in [-0.2, -0.15) is 0 Å². The Labute approximate surface area is 149 Å². The Balaban J connectivity index is 1.81. The number of benzene rings is 2. The van der Waals surface area contributed by atoms with Crippen LogP contribution < -0.4 is 5.32 Å². The lowest BCUT2D eigenvalue weighted by Crippen LogP contribution is -2.26. The van der Waals surface area contributed by atoms with Crippen LogP contribution in [0.2, 0.25) is 10.0 Å². The van der Waals surface area contributed by atoms with Crippen molar-refractivity contribution in [3.8, 4) is 0 Å². The minimum absolute atomic E-state index is 0.0929. The summed E-state index contributed by atoms with van der Waals surface area (Å²) in [5, 5.41) is 3.51. The number of rotatable bonds is 5. The molecule has 2 aromatic carbocycles. The lowest BCUT2D eigenvalue weighted by molar-refractivity contribution is -0.156.